The summed E-state index contributed by atoms with van der Waals surface area (Å²) < 4.78 is 7.46. The van der Waals surface area contributed by atoms with Gasteiger partial charge < -0.3 is 14.4 Å². The third kappa shape index (κ3) is 3.12. The topological polar surface area (TPSA) is 64.3 Å². The molecule has 2 heterocycles. The van der Waals surface area contributed by atoms with E-state index in [-0.39, 0.29) is 6.42 Å². The lowest BCUT2D eigenvalue weighted by Gasteiger charge is -2.09. The minimum absolute atomic E-state index is 0.0202. The van der Waals surface area contributed by atoms with Gasteiger partial charge in [0.15, 0.2) is 0 Å². The van der Waals surface area contributed by atoms with Crippen molar-refractivity contribution in [1.82, 2.24) is 9.55 Å². The molecule has 0 aliphatic carbocycles. The van der Waals surface area contributed by atoms with Crippen molar-refractivity contribution in [3.8, 4) is 5.75 Å². The fraction of sp³-hybridized carbons (Fsp3) is 0.182. The number of hydrogen-bond acceptors (Lipinski definition) is 3. The van der Waals surface area contributed by atoms with E-state index in [4.69, 9.17) is 9.72 Å². The number of methoxy groups -OCH3 is 1. The number of hydrogen-bond donors (Lipinski definition) is 1. The van der Waals surface area contributed by atoms with Crippen molar-refractivity contribution in [1.29, 1.82) is 0 Å². The molecule has 0 spiro atoms. The molecule has 0 unspecified atom stereocenters. The van der Waals surface area contributed by atoms with Gasteiger partial charge in [-0.15, -0.1) is 0 Å². The fourth-order valence-corrected chi connectivity index (χ4v) is 3.59. The maximum Gasteiger partial charge on any atom is 0.307 e. The lowest BCUT2D eigenvalue weighted by Crippen LogP contribution is -2.06. The number of carboxylic acids is 1. The molecular formula is C22H20N2O3. The van der Waals surface area contributed by atoms with Gasteiger partial charge in [0.25, 0.3) is 0 Å². The van der Waals surface area contributed by atoms with Crippen LogP contribution in [0.2, 0.25) is 0 Å². The number of aromatic nitrogens is 2. The molecule has 2 aromatic carbocycles. The Morgan fingerprint density at radius 3 is 2.74 bits per heavy atom. The Bertz CT molecular complexity index is 1160. The molecule has 0 saturated carbocycles. The molecule has 0 amide bonds. The van der Waals surface area contributed by atoms with Crippen LogP contribution in [0, 0.1) is 6.92 Å². The summed E-state index contributed by atoms with van der Waals surface area (Å²) in [4.78, 5) is 16.1. The average molecular weight is 360 g/mol. The van der Waals surface area contributed by atoms with Crippen LogP contribution < -0.4 is 4.74 Å². The van der Waals surface area contributed by atoms with Gasteiger partial charge in [-0.05, 0) is 42.8 Å². The molecule has 0 radical (unpaired) electrons. The first-order valence-electron chi connectivity index (χ1n) is 8.79. The molecule has 4 rings (SSSR count). The van der Waals surface area contributed by atoms with Gasteiger partial charge >= 0.3 is 5.97 Å². The second-order valence-corrected chi connectivity index (χ2v) is 6.60. The van der Waals surface area contributed by atoms with Gasteiger partial charge in [-0.2, -0.15) is 0 Å². The first-order chi connectivity index (χ1) is 13.1. The van der Waals surface area contributed by atoms with E-state index in [1.807, 2.05) is 55.5 Å². The van der Waals surface area contributed by atoms with Crippen LogP contribution in [-0.2, 0) is 17.8 Å². The van der Waals surface area contributed by atoms with Gasteiger partial charge in [0, 0.05) is 22.0 Å². The molecule has 5 nitrogen and oxygen atoms in total. The number of benzene rings is 2. The maximum atomic E-state index is 11.4. The zero-order valence-corrected chi connectivity index (χ0v) is 15.3. The van der Waals surface area contributed by atoms with E-state index in [1.165, 1.54) is 0 Å². The van der Waals surface area contributed by atoms with Crippen molar-refractivity contribution in [3.05, 3.63) is 71.5 Å². The molecule has 0 saturated heterocycles. The molecule has 5 heteroatoms. The molecule has 27 heavy (non-hydrogen) atoms. The Morgan fingerprint density at radius 2 is 1.96 bits per heavy atom. The standard InChI is InChI=1S/C22H20N2O3/c1-14-18(12-22(25)26)19-11-17(27-2)9-10-21(19)24(14)13-16-8-7-15-5-3-4-6-20(15)23-16/h3-11H,12-13H2,1-2H3,(H,25,26). The van der Waals surface area contributed by atoms with Crippen molar-refractivity contribution in [2.75, 3.05) is 7.11 Å². The van der Waals surface area contributed by atoms with Crippen molar-refractivity contribution < 1.29 is 14.6 Å². The Balaban J connectivity index is 1.84. The van der Waals surface area contributed by atoms with Crippen LogP contribution in [0.3, 0.4) is 0 Å². The normalized spacial score (nSPS) is 11.2. The Labute approximate surface area is 156 Å². The van der Waals surface area contributed by atoms with Crippen molar-refractivity contribution in [3.63, 3.8) is 0 Å². The van der Waals surface area contributed by atoms with Crippen LogP contribution in [0.1, 0.15) is 17.0 Å². The number of aliphatic carboxylic acids is 1. The molecule has 4 aromatic rings. The molecular weight excluding hydrogens is 340 g/mol. The van der Waals surface area contributed by atoms with E-state index in [2.05, 4.69) is 10.6 Å². The summed E-state index contributed by atoms with van der Waals surface area (Å²) in [5, 5.41) is 11.4. The summed E-state index contributed by atoms with van der Waals surface area (Å²) in [6, 6.07) is 17.9. The Hall–Kier alpha value is -3.34. The van der Waals surface area contributed by atoms with E-state index < -0.39 is 5.97 Å². The number of rotatable bonds is 5. The van der Waals surface area contributed by atoms with Gasteiger partial charge in [-0.1, -0.05) is 24.3 Å². The summed E-state index contributed by atoms with van der Waals surface area (Å²) >= 11 is 0. The van der Waals surface area contributed by atoms with E-state index in [0.29, 0.717) is 6.54 Å². The molecule has 0 fully saturated rings. The monoisotopic (exact) mass is 360 g/mol. The highest BCUT2D eigenvalue weighted by Gasteiger charge is 2.17. The highest BCUT2D eigenvalue weighted by Crippen LogP contribution is 2.30. The van der Waals surface area contributed by atoms with Gasteiger partial charge in [0.2, 0.25) is 0 Å². The summed E-state index contributed by atoms with van der Waals surface area (Å²) in [7, 11) is 1.61. The van der Waals surface area contributed by atoms with Crippen molar-refractivity contribution in [2.24, 2.45) is 0 Å². The smallest absolute Gasteiger partial charge is 0.307 e. The number of ether oxygens (including phenoxy) is 1. The predicted molar refractivity (Wildman–Crippen MR) is 105 cm³/mol. The predicted octanol–water partition coefficient (Wildman–Crippen LogP) is 4.18. The fourth-order valence-electron chi connectivity index (χ4n) is 3.59. The first-order valence-corrected chi connectivity index (χ1v) is 8.79. The van der Waals surface area contributed by atoms with Crippen LogP contribution >= 0.6 is 0 Å². The quantitative estimate of drug-likeness (QED) is 0.580. The van der Waals surface area contributed by atoms with E-state index in [9.17, 15) is 9.90 Å². The molecule has 0 aliphatic heterocycles. The van der Waals surface area contributed by atoms with Gasteiger partial charge in [-0.3, -0.25) is 9.78 Å². The second kappa shape index (κ2) is 6.76. The van der Waals surface area contributed by atoms with Crippen LogP contribution in [0.5, 0.6) is 5.75 Å². The van der Waals surface area contributed by atoms with Crippen LogP contribution in [0.25, 0.3) is 21.8 Å². The number of pyridine rings is 1. The number of para-hydroxylation sites is 1. The molecule has 2 aromatic heterocycles. The Kier molecular flexibility index (Phi) is 4.28. The SMILES string of the molecule is COc1ccc2c(c1)c(CC(=O)O)c(C)n2Cc1ccc2ccccc2n1. The van der Waals surface area contributed by atoms with Gasteiger partial charge in [0.05, 0.1) is 31.3 Å². The molecule has 1 N–H and O–H groups in total. The van der Waals surface area contributed by atoms with Crippen LogP contribution in [-0.4, -0.2) is 27.7 Å². The van der Waals surface area contributed by atoms with Crippen LogP contribution in [0.4, 0.5) is 0 Å². The minimum atomic E-state index is -0.844. The third-order valence-electron chi connectivity index (χ3n) is 4.97. The molecule has 0 bridgehead atoms. The number of fused-ring (bicyclic) bond motifs is 2. The van der Waals surface area contributed by atoms with Gasteiger partial charge in [-0.25, -0.2) is 0 Å². The lowest BCUT2D eigenvalue weighted by atomic mass is 10.1. The third-order valence-corrected chi connectivity index (χ3v) is 4.97. The zero-order valence-electron chi connectivity index (χ0n) is 15.3. The van der Waals surface area contributed by atoms with Gasteiger partial charge in [0.1, 0.15) is 5.75 Å². The van der Waals surface area contributed by atoms with E-state index in [0.717, 1.165) is 44.5 Å². The zero-order chi connectivity index (χ0) is 19.0. The minimum Gasteiger partial charge on any atom is -0.497 e. The average Bonchev–Trinajstić information content (AvgIpc) is 2.92. The summed E-state index contributed by atoms with van der Waals surface area (Å²) in [5.41, 5.74) is 4.63. The molecule has 0 atom stereocenters. The summed E-state index contributed by atoms with van der Waals surface area (Å²) in [5.74, 6) is -0.126. The van der Waals surface area contributed by atoms with Crippen LogP contribution in [0.15, 0.2) is 54.6 Å². The maximum absolute atomic E-state index is 11.4. The van der Waals surface area contributed by atoms with Crippen molar-refractivity contribution >= 4 is 27.8 Å². The highest BCUT2D eigenvalue weighted by molar-refractivity contribution is 5.90. The molecule has 0 aliphatic rings. The number of carbonyl (C=O) groups is 1. The van der Waals surface area contributed by atoms with E-state index in [1.54, 1.807) is 7.11 Å². The number of carboxylic acid groups (broad SMARTS) is 1. The van der Waals surface area contributed by atoms with E-state index >= 15 is 0 Å². The highest BCUT2D eigenvalue weighted by atomic mass is 16.5. The number of nitrogens with zero attached hydrogens (tertiary/aromatic N) is 2. The largest absolute Gasteiger partial charge is 0.497 e. The summed E-state index contributed by atoms with van der Waals surface area (Å²) in [6.45, 7) is 2.55. The molecule has 136 valence electrons. The second-order valence-electron chi connectivity index (χ2n) is 6.60. The lowest BCUT2D eigenvalue weighted by molar-refractivity contribution is -0.136. The Morgan fingerprint density at radius 1 is 1.15 bits per heavy atom. The van der Waals surface area contributed by atoms with Crippen molar-refractivity contribution in [2.45, 2.75) is 19.9 Å². The first kappa shape index (κ1) is 17.1. The summed E-state index contributed by atoms with van der Waals surface area (Å²) in [6.07, 6.45) is -0.0202.